The highest BCUT2D eigenvalue weighted by atomic mass is 32.2. The largest absolute Gasteiger partial charge is 0.330 e. The van der Waals surface area contributed by atoms with Crippen molar-refractivity contribution in [1.82, 2.24) is 24.7 Å². The second-order valence-corrected chi connectivity index (χ2v) is 11.9. The van der Waals surface area contributed by atoms with Crippen LogP contribution in [0.15, 0.2) is 85.5 Å². The number of amides is 4. The van der Waals surface area contributed by atoms with Crippen molar-refractivity contribution in [2.75, 3.05) is 23.9 Å². The molecule has 0 aliphatic carbocycles. The van der Waals surface area contributed by atoms with Crippen molar-refractivity contribution in [2.45, 2.75) is 24.9 Å². The van der Waals surface area contributed by atoms with Gasteiger partial charge in [-0.3, -0.25) is 19.6 Å². The van der Waals surface area contributed by atoms with Crippen molar-refractivity contribution in [3.8, 4) is 0 Å². The summed E-state index contributed by atoms with van der Waals surface area (Å²) >= 11 is 0. The van der Waals surface area contributed by atoms with Gasteiger partial charge in [0.2, 0.25) is 11.8 Å². The van der Waals surface area contributed by atoms with E-state index in [4.69, 9.17) is 0 Å². The third-order valence-corrected chi connectivity index (χ3v) is 7.93. The molecule has 0 radical (unpaired) electrons. The third-order valence-electron chi connectivity index (χ3n) is 6.88. The van der Waals surface area contributed by atoms with Gasteiger partial charge in [-0.25, -0.2) is 27.1 Å². The lowest BCUT2D eigenvalue weighted by molar-refractivity contribution is -0.120. The van der Waals surface area contributed by atoms with Crippen LogP contribution in [0.1, 0.15) is 11.1 Å². The minimum atomic E-state index is -4.93. The zero-order valence-corrected chi connectivity index (χ0v) is 26.2. The number of carbonyl (C=O) groups is 3. The third kappa shape index (κ3) is 9.79. The van der Waals surface area contributed by atoms with E-state index in [9.17, 15) is 40.4 Å². The van der Waals surface area contributed by atoms with E-state index in [1.54, 1.807) is 4.72 Å². The number of likely N-dealkylation sites (N-methyl/N-ethyl adjacent to an activating group) is 2. The molecule has 17 heteroatoms. The SMILES string of the molecule is CN(C(=O)[C@H](Cc1cc(F)cc(F)c1)NC(=O)NS(=O)(=O)N[C@@H](Cc1cc(F)cc(F)c1)C(=O)N(C)c1cccnc1)c1cccnc1. The Hall–Kier alpha value is -5.42. The van der Waals surface area contributed by atoms with Crippen LogP contribution in [-0.2, 0) is 32.6 Å². The highest BCUT2D eigenvalue weighted by Gasteiger charge is 2.31. The van der Waals surface area contributed by atoms with Crippen molar-refractivity contribution in [2.24, 2.45) is 0 Å². The molecule has 0 aliphatic heterocycles. The van der Waals surface area contributed by atoms with Gasteiger partial charge in [0.25, 0.3) is 0 Å². The summed E-state index contributed by atoms with van der Waals surface area (Å²) in [7, 11) is -2.26. The number of aromatic nitrogens is 2. The molecule has 4 rings (SSSR count). The molecular formula is C31H29F4N7O5S. The summed E-state index contributed by atoms with van der Waals surface area (Å²) in [5.74, 6) is -5.51. The van der Waals surface area contributed by atoms with Crippen LogP contribution in [0, 0.1) is 23.3 Å². The van der Waals surface area contributed by atoms with Crippen LogP contribution < -0.4 is 24.6 Å². The molecule has 0 unspecified atom stereocenters. The number of halogens is 4. The van der Waals surface area contributed by atoms with Crippen molar-refractivity contribution < 1.29 is 40.4 Å². The van der Waals surface area contributed by atoms with Crippen molar-refractivity contribution in [3.05, 3.63) is 120 Å². The molecule has 0 fully saturated rings. The average Bonchev–Trinajstić information content (AvgIpc) is 3.02. The normalized spacial score (nSPS) is 12.5. The second-order valence-electron chi connectivity index (χ2n) is 10.5. The topological polar surface area (TPSA) is 154 Å². The van der Waals surface area contributed by atoms with Crippen LogP contribution in [-0.4, -0.2) is 62.4 Å². The zero-order chi connectivity index (χ0) is 35.0. The Morgan fingerprint density at radius 1 is 0.708 bits per heavy atom. The Kier molecular flexibility index (Phi) is 11.4. The molecule has 0 bridgehead atoms. The highest BCUT2D eigenvalue weighted by Crippen LogP contribution is 2.17. The quantitative estimate of drug-likeness (QED) is 0.194. The number of pyridine rings is 2. The smallest absolute Gasteiger partial charge is 0.325 e. The first kappa shape index (κ1) is 35.4. The Morgan fingerprint density at radius 3 is 1.54 bits per heavy atom. The maximum atomic E-state index is 13.9. The number of anilines is 2. The molecule has 252 valence electrons. The summed E-state index contributed by atoms with van der Waals surface area (Å²) in [5.41, 5.74) is 0.445. The van der Waals surface area contributed by atoms with E-state index in [0.29, 0.717) is 17.8 Å². The zero-order valence-electron chi connectivity index (χ0n) is 25.4. The average molecular weight is 688 g/mol. The Bertz CT molecular complexity index is 1850. The molecule has 4 amide bonds. The predicted molar refractivity (Wildman–Crippen MR) is 167 cm³/mol. The van der Waals surface area contributed by atoms with Gasteiger partial charge in [0, 0.05) is 45.0 Å². The fraction of sp³-hybridized carbons (Fsp3) is 0.194. The fourth-order valence-electron chi connectivity index (χ4n) is 4.66. The van der Waals surface area contributed by atoms with Gasteiger partial charge in [-0.2, -0.15) is 13.1 Å². The van der Waals surface area contributed by atoms with E-state index in [0.717, 1.165) is 34.1 Å². The van der Waals surface area contributed by atoms with Gasteiger partial charge in [0.1, 0.15) is 35.4 Å². The van der Waals surface area contributed by atoms with Gasteiger partial charge in [-0.1, -0.05) is 0 Å². The Labute approximate surface area is 273 Å². The lowest BCUT2D eigenvalue weighted by Crippen LogP contribution is -2.57. The number of nitrogens with one attached hydrogen (secondary N) is 3. The van der Waals surface area contributed by atoms with Crippen LogP contribution in [0.4, 0.5) is 33.7 Å². The molecule has 2 aromatic heterocycles. The molecule has 0 saturated heterocycles. The molecule has 0 saturated carbocycles. The first-order chi connectivity index (χ1) is 22.7. The van der Waals surface area contributed by atoms with E-state index in [-0.39, 0.29) is 16.8 Å². The first-order valence-electron chi connectivity index (χ1n) is 14.1. The molecule has 48 heavy (non-hydrogen) atoms. The maximum absolute atomic E-state index is 13.9. The molecule has 2 atom stereocenters. The molecular weight excluding hydrogens is 658 g/mol. The van der Waals surface area contributed by atoms with Gasteiger partial charge in [-0.15, -0.1) is 0 Å². The van der Waals surface area contributed by atoms with Gasteiger partial charge in [0.15, 0.2) is 0 Å². The molecule has 12 nitrogen and oxygen atoms in total. The van der Waals surface area contributed by atoms with E-state index < -0.39 is 76.2 Å². The van der Waals surface area contributed by atoms with Crippen molar-refractivity contribution in [1.29, 1.82) is 0 Å². The van der Waals surface area contributed by atoms with E-state index in [2.05, 4.69) is 15.3 Å². The number of urea groups is 1. The lowest BCUT2D eigenvalue weighted by Gasteiger charge is -2.26. The number of hydrogen-bond donors (Lipinski definition) is 3. The lowest BCUT2D eigenvalue weighted by atomic mass is 10.0. The summed E-state index contributed by atoms with van der Waals surface area (Å²) < 4.78 is 85.8. The van der Waals surface area contributed by atoms with Crippen LogP contribution in [0.3, 0.4) is 0 Å². The van der Waals surface area contributed by atoms with E-state index in [1.807, 2.05) is 4.72 Å². The van der Waals surface area contributed by atoms with Crippen molar-refractivity contribution >= 4 is 39.4 Å². The maximum Gasteiger partial charge on any atom is 0.330 e. The first-order valence-corrected chi connectivity index (χ1v) is 15.5. The summed E-state index contributed by atoms with van der Waals surface area (Å²) in [6.07, 6.45) is 4.56. The van der Waals surface area contributed by atoms with Gasteiger partial charge in [0.05, 0.1) is 23.8 Å². The fourth-order valence-corrected chi connectivity index (χ4v) is 5.58. The van der Waals surface area contributed by atoms with Gasteiger partial charge in [-0.05, 0) is 66.1 Å². The van der Waals surface area contributed by atoms with Crippen molar-refractivity contribution in [3.63, 3.8) is 0 Å². The monoisotopic (exact) mass is 687 g/mol. The number of nitrogens with zero attached hydrogens (tertiary/aromatic N) is 4. The number of hydrogen-bond acceptors (Lipinski definition) is 7. The van der Waals surface area contributed by atoms with Crippen LogP contribution in [0.5, 0.6) is 0 Å². The van der Waals surface area contributed by atoms with Gasteiger partial charge >= 0.3 is 16.2 Å². The standard InChI is InChI=1S/C31H29F4N7O5S/c1-41(25-5-3-7-36-17-25)29(43)27(13-19-9-21(32)15-22(33)10-19)38-31(45)40-48(46,47)39-28(14-20-11-23(34)16-24(35)12-20)30(44)42(2)26-6-4-8-37-18-26/h3-12,15-18,27-28,39H,13-14H2,1-2H3,(H2,38,40,45)/t27-,28-/m0/s1. The molecule has 4 aromatic rings. The van der Waals surface area contributed by atoms with Crippen LogP contribution >= 0.6 is 0 Å². The highest BCUT2D eigenvalue weighted by molar-refractivity contribution is 7.88. The van der Waals surface area contributed by atoms with Gasteiger partial charge < -0.3 is 15.1 Å². The summed E-state index contributed by atoms with van der Waals surface area (Å²) in [5, 5.41) is 2.20. The van der Waals surface area contributed by atoms with Crippen LogP contribution in [0.25, 0.3) is 0 Å². The van der Waals surface area contributed by atoms with Crippen LogP contribution in [0.2, 0.25) is 0 Å². The second kappa shape index (κ2) is 15.4. The molecule has 0 spiro atoms. The van der Waals surface area contributed by atoms with E-state index >= 15 is 0 Å². The Morgan fingerprint density at radius 2 is 1.12 bits per heavy atom. The molecule has 3 N–H and O–H groups in total. The van der Waals surface area contributed by atoms with E-state index in [1.165, 1.54) is 63.1 Å². The number of rotatable bonds is 12. The molecule has 2 heterocycles. The molecule has 0 aliphatic rings. The number of carbonyl (C=O) groups excluding carboxylic acids is 3. The predicted octanol–water partition coefficient (Wildman–Crippen LogP) is 3.02. The minimum Gasteiger partial charge on any atom is -0.325 e. The minimum absolute atomic E-state index is 0.0295. The summed E-state index contributed by atoms with van der Waals surface area (Å²) in [6, 6.07) is 6.30. The Balaban J connectivity index is 1.57. The molecule has 2 aromatic carbocycles. The number of benzene rings is 2. The summed E-state index contributed by atoms with van der Waals surface area (Å²) in [6.45, 7) is 0. The summed E-state index contributed by atoms with van der Waals surface area (Å²) in [4.78, 5) is 49.9.